The summed E-state index contributed by atoms with van der Waals surface area (Å²) in [6.07, 6.45) is 1.67. The van der Waals surface area contributed by atoms with Crippen LogP contribution in [0.4, 0.5) is 0 Å². The lowest BCUT2D eigenvalue weighted by Crippen LogP contribution is -2.10. The quantitative estimate of drug-likeness (QED) is 0.705. The molecule has 0 radical (unpaired) electrons. The van der Waals surface area contributed by atoms with Crippen molar-refractivity contribution in [3.8, 4) is 0 Å². The van der Waals surface area contributed by atoms with Gasteiger partial charge < -0.3 is 4.98 Å². The molecule has 0 atom stereocenters. The van der Waals surface area contributed by atoms with Gasteiger partial charge in [0.2, 0.25) is 0 Å². The maximum atomic E-state index is 6.13. The summed E-state index contributed by atoms with van der Waals surface area (Å²) in [6, 6.07) is 4.10. The topological polar surface area (TPSA) is 28.7 Å². The van der Waals surface area contributed by atoms with E-state index in [9.17, 15) is 0 Å². The third-order valence-corrected chi connectivity index (χ3v) is 2.63. The molecule has 0 saturated carbocycles. The average molecular weight is 209 g/mol. The van der Waals surface area contributed by atoms with Crippen LogP contribution in [0.25, 0.3) is 11.0 Å². The minimum Gasteiger partial charge on any atom is -0.345 e. The van der Waals surface area contributed by atoms with Crippen LogP contribution in [-0.2, 0) is 5.41 Å². The largest absolute Gasteiger partial charge is 0.345 e. The minimum atomic E-state index is 0.114. The molecule has 0 aliphatic heterocycles. The highest BCUT2D eigenvalue weighted by Crippen LogP contribution is 2.29. The third kappa shape index (κ3) is 1.50. The summed E-state index contributed by atoms with van der Waals surface area (Å²) in [6.45, 7) is 6.50. The smallest absolute Gasteiger partial charge is 0.107 e. The molecule has 0 bridgehead atoms. The van der Waals surface area contributed by atoms with Crippen LogP contribution in [0, 0.1) is 0 Å². The van der Waals surface area contributed by atoms with E-state index >= 15 is 0 Å². The van der Waals surface area contributed by atoms with E-state index in [1.54, 1.807) is 6.33 Å². The summed E-state index contributed by atoms with van der Waals surface area (Å²) in [5.41, 5.74) is 3.18. The fourth-order valence-electron chi connectivity index (χ4n) is 1.44. The second kappa shape index (κ2) is 2.99. The van der Waals surface area contributed by atoms with Crippen LogP contribution in [0.5, 0.6) is 0 Å². The Morgan fingerprint density at radius 3 is 2.64 bits per heavy atom. The van der Waals surface area contributed by atoms with Gasteiger partial charge in [-0.2, -0.15) is 0 Å². The van der Waals surface area contributed by atoms with Crippen molar-refractivity contribution < 1.29 is 0 Å². The van der Waals surface area contributed by atoms with E-state index < -0.39 is 0 Å². The third-order valence-electron chi connectivity index (χ3n) is 2.34. The van der Waals surface area contributed by atoms with Gasteiger partial charge in [0.25, 0.3) is 0 Å². The molecule has 1 heterocycles. The number of rotatable bonds is 0. The zero-order chi connectivity index (χ0) is 10.3. The molecule has 0 saturated heterocycles. The van der Waals surface area contributed by atoms with E-state index in [4.69, 9.17) is 11.6 Å². The molecule has 2 aromatic rings. The number of fused-ring (bicyclic) bond motifs is 1. The molecule has 3 heteroatoms. The highest BCUT2D eigenvalue weighted by atomic mass is 35.5. The van der Waals surface area contributed by atoms with E-state index in [2.05, 4.69) is 36.8 Å². The number of hydrogen-bond donors (Lipinski definition) is 1. The van der Waals surface area contributed by atoms with Crippen LogP contribution in [0.2, 0.25) is 5.02 Å². The maximum absolute atomic E-state index is 6.13. The van der Waals surface area contributed by atoms with Crippen molar-refractivity contribution >= 4 is 22.6 Å². The summed E-state index contributed by atoms with van der Waals surface area (Å²) in [5.74, 6) is 0. The van der Waals surface area contributed by atoms with Gasteiger partial charge in [-0.15, -0.1) is 0 Å². The van der Waals surface area contributed by atoms with E-state index in [0.717, 1.165) is 11.0 Å². The number of hydrogen-bond acceptors (Lipinski definition) is 1. The van der Waals surface area contributed by atoms with Crippen molar-refractivity contribution in [2.24, 2.45) is 0 Å². The minimum absolute atomic E-state index is 0.114. The summed E-state index contributed by atoms with van der Waals surface area (Å²) in [7, 11) is 0. The van der Waals surface area contributed by atoms with Gasteiger partial charge in [0.1, 0.15) is 5.52 Å². The van der Waals surface area contributed by atoms with E-state index in [0.29, 0.717) is 5.02 Å². The number of aromatic nitrogens is 2. The highest BCUT2D eigenvalue weighted by Gasteiger charge is 2.16. The summed E-state index contributed by atoms with van der Waals surface area (Å²) in [5, 5.41) is 0.716. The number of aromatic amines is 1. The Labute approximate surface area is 88.3 Å². The van der Waals surface area contributed by atoms with Gasteiger partial charge in [0.15, 0.2) is 0 Å². The first-order valence-electron chi connectivity index (χ1n) is 4.61. The van der Waals surface area contributed by atoms with Gasteiger partial charge in [-0.3, -0.25) is 0 Å². The Hall–Kier alpha value is -1.02. The van der Waals surface area contributed by atoms with Gasteiger partial charge in [0.05, 0.1) is 16.9 Å². The first-order chi connectivity index (χ1) is 6.48. The fourth-order valence-corrected chi connectivity index (χ4v) is 1.71. The number of nitrogens with one attached hydrogen (secondary N) is 1. The second-order valence-corrected chi connectivity index (χ2v) is 4.91. The van der Waals surface area contributed by atoms with Gasteiger partial charge in [-0.1, -0.05) is 32.4 Å². The molecule has 0 aliphatic carbocycles. The van der Waals surface area contributed by atoms with Crippen molar-refractivity contribution in [1.29, 1.82) is 0 Å². The van der Waals surface area contributed by atoms with Crippen molar-refractivity contribution in [2.45, 2.75) is 26.2 Å². The summed E-state index contributed by atoms with van der Waals surface area (Å²) < 4.78 is 0. The predicted molar refractivity (Wildman–Crippen MR) is 59.8 cm³/mol. The Morgan fingerprint density at radius 2 is 2.00 bits per heavy atom. The lowest BCUT2D eigenvalue weighted by atomic mass is 9.87. The molecule has 74 valence electrons. The molecule has 2 nitrogen and oxygen atoms in total. The SMILES string of the molecule is CC(C)(C)c1cc(Cl)c2nc[nH]c2c1. The maximum Gasteiger partial charge on any atom is 0.107 e. The zero-order valence-electron chi connectivity index (χ0n) is 8.56. The number of imidazole rings is 1. The first kappa shape index (κ1) is 9.53. The fraction of sp³-hybridized carbons (Fsp3) is 0.364. The molecule has 2 rings (SSSR count). The van der Waals surface area contributed by atoms with Crippen LogP contribution in [0.15, 0.2) is 18.5 Å². The molecule has 0 aliphatic rings. The molecule has 14 heavy (non-hydrogen) atoms. The molecule has 0 unspecified atom stereocenters. The van der Waals surface area contributed by atoms with Crippen molar-refractivity contribution in [2.75, 3.05) is 0 Å². The Bertz CT molecular complexity index is 466. The Morgan fingerprint density at radius 1 is 1.29 bits per heavy atom. The van der Waals surface area contributed by atoms with Crippen LogP contribution in [-0.4, -0.2) is 9.97 Å². The van der Waals surface area contributed by atoms with E-state index in [-0.39, 0.29) is 5.41 Å². The highest BCUT2D eigenvalue weighted by molar-refractivity contribution is 6.35. The van der Waals surface area contributed by atoms with Gasteiger partial charge in [0, 0.05) is 0 Å². The van der Waals surface area contributed by atoms with E-state index in [1.807, 2.05) is 6.07 Å². The number of nitrogens with zero attached hydrogens (tertiary/aromatic N) is 1. The second-order valence-electron chi connectivity index (χ2n) is 4.51. The van der Waals surface area contributed by atoms with Crippen molar-refractivity contribution in [3.05, 3.63) is 29.0 Å². The van der Waals surface area contributed by atoms with Crippen LogP contribution < -0.4 is 0 Å². The van der Waals surface area contributed by atoms with Crippen LogP contribution in [0.1, 0.15) is 26.3 Å². The average Bonchev–Trinajstić information content (AvgIpc) is 2.50. The lowest BCUT2D eigenvalue weighted by molar-refractivity contribution is 0.591. The number of H-pyrrole nitrogens is 1. The van der Waals surface area contributed by atoms with Crippen LogP contribution in [0.3, 0.4) is 0 Å². The predicted octanol–water partition coefficient (Wildman–Crippen LogP) is 3.51. The van der Waals surface area contributed by atoms with Gasteiger partial charge in [-0.05, 0) is 23.1 Å². The molecular weight excluding hydrogens is 196 g/mol. The van der Waals surface area contributed by atoms with Gasteiger partial charge in [-0.25, -0.2) is 4.98 Å². The molecule has 1 N–H and O–H groups in total. The first-order valence-corrected chi connectivity index (χ1v) is 4.99. The normalized spacial score (nSPS) is 12.3. The molecule has 1 aromatic carbocycles. The Kier molecular flexibility index (Phi) is 2.04. The molecule has 1 aromatic heterocycles. The van der Waals surface area contributed by atoms with E-state index in [1.165, 1.54) is 5.56 Å². The number of halogens is 1. The van der Waals surface area contributed by atoms with Crippen molar-refractivity contribution in [3.63, 3.8) is 0 Å². The van der Waals surface area contributed by atoms with Crippen molar-refractivity contribution in [1.82, 2.24) is 9.97 Å². The van der Waals surface area contributed by atoms with Crippen LogP contribution >= 0.6 is 11.6 Å². The summed E-state index contributed by atoms with van der Waals surface area (Å²) >= 11 is 6.13. The molecule has 0 fully saturated rings. The molecule has 0 amide bonds. The summed E-state index contributed by atoms with van der Waals surface area (Å²) in [4.78, 5) is 7.23. The molecular formula is C11H13ClN2. The zero-order valence-corrected chi connectivity index (χ0v) is 9.31. The standard InChI is InChI=1S/C11H13ClN2/c1-11(2,3)7-4-8(12)10-9(5-7)13-6-14-10/h4-6H,1-3H3,(H,13,14). The lowest BCUT2D eigenvalue weighted by Gasteiger charge is -2.19. The van der Waals surface area contributed by atoms with Gasteiger partial charge >= 0.3 is 0 Å². The monoisotopic (exact) mass is 208 g/mol. The number of benzene rings is 1. The molecule has 0 spiro atoms. The Balaban J connectivity index is 2.70.